The Morgan fingerprint density at radius 1 is 1.19 bits per heavy atom. The Morgan fingerprint density at radius 3 is 2.52 bits per heavy atom. The molecular weight excluding hydrogens is 276 g/mol. The first-order valence-electron chi connectivity index (χ1n) is 5.95. The standard InChI is InChI=1S/C14H12N2O5/c1-21-12-10(13(17)18)5-8(6-16-12)4-9-2-3-15-7-11(9)14(19)20/h2-3,5-7H,4H2,1H3,(H,17,18)(H,19,20). The van der Waals surface area contributed by atoms with E-state index in [1.807, 2.05) is 0 Å². The third-order valence-electron chi connectivity index (χ3n) is 2.87. The molecule has 0 aliphatic carbocycles. The summed E-state index contributed by atoms with van der Waals surface area (Å²) in [7, 11) is 1.33. The molecule has 0 aliphatic rings. The Kier molecular flexibility index (Phi) is 4.13. The van der Waals surface area contributed by atoms with Gasteiger partial charge in [0, 0.05) is 18.6 Å². The molecule has 0 unspecified atom stereocenters. The van der Waals surface area contributed by atoms with Gasteiger partial charge in [-0.05, 0) is 29.7 Å². The lowest BCUT2D eigenvalue weighted by Crippen LogP contribution is -2.06. The molecule has 2 rings (SSSR count). The van der Waals surface area contributed by atoms with Crippen LogP contribution in [0.2, 0.25) is 0 Å². The Bertz CT molecular complexity index is 700. The molecule has 0 aliphatic heterocycles. The van der Waals surface area contributed by atoms with Crippen LogP contribution in [0.25, 0.3) is 0 Å². The quantitative estimate of drug-likeness (QED) is 0.857. The number of carboxylic acid groups (broad SMARTS) is 2. The van der Waals surface area contributed by atoms with E-state index in [9.17, 15) is 9.59 Å². The molecule has 0 radical (unpaired) electrons. The van der Waals surface area contributed by atoms with Gasteiger partial charge in [0.25, 0.3) is 0 Å². The van der Waals surface area contributed by atoms with Gasteiger partial charge in [-0.2, -0.15) is 0 Å². The first kappa shape index (κ1) is 14.4. The summed E-state index contributed by atoms with van der Waals surface area (Å²) in [5, 5.41) is 18.2. The lowest BCUT2D eigenvalue weighted by molar-refractivity contribution is 0.0682. The van der Waals surface area contributed by atoms with Crippen LogP contribution in [0, 0.1) is 0 Å². The Morgan fingerprint density at radius 2 is 1.90 bits per heavy atom. The topological polar surface area (TPSA) is 110 Å². The van der Waals surface area contributed by atoms with Crippen LogP contribution in [-0.2, 0) is 6.42 Å². The number of hydrogen-bond donors (Lipinski definition) is 2. The number of hydrogen-bond acceptors (Lipinski definition) is 5. The van der Waals surface area contributed by atoms with E-state index >= 15 is 0 Å². The van der Waals surface area contributed by atoms with Crippen molar-refractivity contribution in [2.45, 2.75) is 6.42 Å². The third kappa shape index (κ3) is 3.14. The van der Waals surface area contributed by atoms with Crippen LogP contribution in [0.3, 0.4) is 0 Å². The molecule has 2 aromatic heterocycles. The second-order valence-corrected chi connectivity index (χ2v) is 4.22. The van der Waals surface area contributed by atoms with Crippen LogP contribution in [0.15, 0.2) is 30.7 Å². The van der Waals surface area contributed by atoms with E-state index in [4.69, 9.17) is 14.9 Å². The maximum Gasteiger partial charge on any atom is 0.341 e. The minimum absolute atomic E-state index is 0.0134. The van der Waals surface area contributed by atoms with E-state index in [1.165, 1.54) is 31.8 Å². The number of carboxylic acids is 2. The van der Waals surface area contributed by atoms with Crippen LogP contribution < -0.4 is 4.74 Å². The molecule has 21 heavy (non-hydrogen) atoms. The molecule has 2 aromatic rings. The first-order valence-corrected chi connectivity index (χ1v) is 5.95. The highest BCUT2D eigenvalue weighted by Crippen LogP contribution is 2.19. The van der Waals surface area contributed by atoms with Crippen molar-refractivity contribution in [2.24, 2.45) is 0 Å². The maximum atomic E-state index is 11.1. The molecule has 0 bridgehead atoms. The molecule has 0 aromatic carbocycles. The number of ether oxygens (including phenoxy) is 1. The van der Waals surface area contributed by atoms with Gasteiger partial charge < -0.3 is 14.9 Å². The molecule has 0 saturated heterocycles. The minimum Gasteiger partial charge on any atom is -0.480 e. The van der Waals surface area contributed by atoms with Gasteiger partial charge in [0.15, 0.2) is 0 Å². The maximum absolute atomic E-state index is 11.1. The Hall–Kier alpha value is -2.96. The molecular formula is C14H12N2O5. The van der Waals surface area contributed by atoms with E-state index in [0.717, 1.165) is 0 Å². The molecule has 0 amide bonds. The van der Waals surface area contributed by atoms with Gasteiger partial charge in [0.2, 0.25) is 5.88 Å². The molecule has 0 saturated carbocycles. The summed E-state index contributed by atoms with van der Waals surface area (Å²) in [5.74, 6) is -2.23. The highest BCUT2D eigenvalue weighted by Gasteiger charge is 2.15. The zero-order valence-electron chi connectivity index (χ0n) is 11.1. The molecule has 2 heterocycles. The van der Waals surface area contributed by atoms with Crippen LogP contribution in [0.1, 0.15) is 31.8 Å². The van der Waals surface area contributed by atoms with E-state index in [1.54, 1.807) is 6.07 Å². The summed E-state index contributed by atoms with van der Waals surface area (Å²) in [6.45, 7) is 0. The molecule has 0 atom stereocenters. The second-order valence-electron chi connectivity index (χ2n) is 4.22. The summed E-state index contributed by atoms with van der Waals surface area (Å²) in [6.07, 6.45) is 4.43. The van der Waals surface area contributed by atoms with E-state index in [2.05, 4.69) is 9.97 Å². The van der Waals surface area contributed by atoms with E-state index in [-0.39, 0.29) is 23.4 Å². The third-order valence-corrected chi connectivity index (χ3v) is 2.87. The van der Waals surface area contributed by atoms with Gasteiger partial charge in [0.05, 0.1) is 12.7 Å². The zero-order chi connectivity index (χ0) is 15.4. The number of rotatable bonds is 5. The molecule has 108 valence electrons. The van der Waals surface area contributed by atoms with Crippen molar-refractivity contribution >= 4 is 11.9 Å². The van der Waals surface area contributed by atoms with E-state index in [0.29, 0.717) is 11.1 Å². The highest BCUT2D eigenvalue weighted by molar-refractivity contribution is 5.90. The van der Waals surface area contributed by atoms with Crippen molar-refractivity contribution in [2.75, 3.05) is 7.11 Å². The summed E-state index contributed by atoms with van der Waals surface area (Å²) >= 11 is 0. The van der Waals surface area contributed by atoms with Crippen molar-refractivity contribution in [3.63, 3.8) is 0 Å². The molecule has 7 heteroatoms. The van der Waals surface area contributed by atoms with Crippen molar-refractivity contribution in [1.29, 1.82) is 0 Å². The number of pyridine rings is 2. The van der Waals surface area contributed by atoms with Gasteiger partial charge in [-0.1, -0.05) is 0 Å². The Balaban J connectivity index is 2.39. The number of carbonyl (C=O) groups is 2. The van der Waals surface area contributed by atoms with Crippen LogP contribution in [0.5, 0.6) is 5.88 Å². The van der Waals surface area contributed by atoms with Gasteiger partial charge in [-0.15, -0.1) is 0 Å². The SMILES string of the molecule is COc1ncc(Cc2ccncc2C(=O)O)cc1C(=O)O. The average molecular weight is 288 g/mol. The van der Waals surface area contributed by atoms with Gasteiger partial charge in [-0.25, -0.2) is 14.6 Å². The van der Waals surface area contributed by atoms with Gasteiger partial charge in [0.1, 0.15) is 5.56 Å². The fraction of sp³-hybridized carbons (Fsp3) is 0.143. The fourth-order valence-electron chi connectivity index (χ4n) is 1.90. The van der Waals surface area contributed by atoms with Crippen molar-refractivity contribution in [3.8, 4) is 5.88 Å². The van der Waals surface area contributed by atoms with Crippen LogP contribution >= 0.6 is 0 Å². The summed E-state index contributed by atoms with van der Waals surface area (Å²) in [6, 6.07) is 2.99. The summed E-state index contributed by atoms with van der Waals surface area (Å²) < 4.78 is 4.88. The summed E-state index contributed by atoms with van der Waals surface area (Å²) in [5.41, 5.74) is 1.11. The van der Waals surface area contributed by atoms with Crippen LogP contribution in [-0.4, -0.2) is 39.2 Å². The highest BCUT2D eigenvalue weighted by atomic mass is 16.5. The molecule has 2 N–H and O–H groups in total. The second kappa shape index (κ2) is 6.00. The lowest BCUT2D eigenvalue weighted by atomic mass is 10.0. The van der Waals surface area contributed by atoms with Gasteiger partial charge >= 0.3 is 11.9 Å². The molecule has 0 spiro atoms. The van der Waals surface area contributed by atoms with E-state index < -0.39 is 11.9 Å². The predicted octanol–water partition coefficient (Wildman–Crippen LogP) is 1.47. The number of nitrogens with zero attached hydrogens (tertiary/aromatic N) is 2. The van der Waals surface area contributed by atoms with Gasteiger partial charge in [-0.3, -0.25) is 4.98 Å². The number of methoxy groups -OCH3 is 1. The monoisotopic (exact) mass is 288 g/mol. The molecule has 0 fully saturated rings. The normalized spacial score (nSPS) is 10.1. The van der Waals surface area contributed by atoms with Crippen molar-refractivity contribution in [3.05, 3.63) is 53.0 Å². The summed E-state index contributed by atoms with van der Waals surface area (Å²) in [4.78, 5) is 29.9. The smallest absolute Gasteiger partial charge is 0.341 e. The zero-order valence-corrected chi connectivity index (χ0v) is 11.1. The fourth-order valence-corrected chi connectivity index (χ4v) is 1.90. The largest absolute Gasteiger partial charge is 0.480 e. The van der Waals surface area contributed by atoms with Crippen LogP contribution in [0.4, 0.5) is 0 Å². The average Bonchev–Trinajstić information content (AvgIpc) is 2.47. The number of aromatic nitrogens is 2. The first-order chi connectivity index (χ1) is 10.0. The Labute approximate surface area is 119 Å². The van der Waals surface area contributed by atoms with Crippen molar-refractivity contribution < 1.29 is 24.5 Å². The van der Waals surface area contributed by atoms with Crippen molar-refractivity contribution in [1.82, 2.24) is 9.97 Å². The molecule has 7 nitrogen and oxygen atoms in total. The lowest BCUT2D eigenvalue weighted by Gasteiger charge is -2.08. The predicted molar refractivity (Wildman–Crippen MR) is 71.8 cm³/mol. The minimum atomic E-state index is -1.16. The number of aromatic carboxylic acids is 2.